The molecule has 2 rings (SSSR count). The molecule has 1 aromatic heterocycles. The van der Waals surface area contributed by atoms with Crippen LogP contribution in [0.4, 0.5) is 22.1 Å². The fourth-order valence-electron chi connectivity index (χ4n) is 5.34. The molecule has 13 heteroatoms. The molecule has 52 heavy (non-hydrogen) atoms. The Bertz CT molecular complexity index is 1470. The minimum atomic E-state index is -0.351. The predicted octanol–water partition coefficient (Wildman–Crippen LogP) is 8.98. The molecule has 1 heterocycles. The molecular formula is C39H57N5O7S. The van der Waals surface area contributed by atoms with Gasteiger partial charge in [-0.05, 0) is 63.4 Å². The zero-order valence-electron chi connectivity index (χ0n) is 31.7. The molecule has 0 aliphatic heterocycles. The third-order valence-electron chi connectivity index (χ3n) is 8.49. The van der Waals surface area contributed by atoms with Crippen molar-refractivity contribution in [3.63, 3.8) is 0 Å². The van der Waals surface area contributed by atoms with E-state index < -0.39 is 0 Å². The van der Waals surface area contributed by atoms with E-state index in [1.54, 1.807) is 13.8 Å². The molecule has 0 saturated heterocycles. The molecule has 286 valence electrons. The third-order valence-corrected chi connectivity index (χ3v) is 9.56. The number of carbonyl (C=O) groups excluding carboxylic acids is 2. The molecule has 0 N–H and O–H groups in total. The van der Waals surface area contributed by atoms with Crippen molar-refractivity contribution >= 4 is 45.2 Å². The van der Waals surface area contributed by atoms with Crippen LogP contribution in [-0.4, -0.2) is 84.3 Å². The van der Waals surface area contributed by atoms with E-state index in [9.17, 15) is 14.9 Å². The number of esters is 1. The second-order valence-electron chi connectivity index (χ2n) is 12.4. The Labute approximate surface area is 314 Å². The summed E-state index contributed by atoms with van der Waals surface area (Å²) in [6, 6.07) is 8.07. The summed E-state index contributed by atoms with van der Waals surface area (Å²) in [5.74, 6) is -0.563. The monoisotopic (exact) mass is 739 g/mol. The SMILES string of the molecule is [C-]#[N+]c1c(N=Nc2ccc(N(CC)CCOCCOCCOCCOCCOC(=O)CC(CCCCCCCC)C(C)=O)cc2C)sc(C#N)c1C. The summed E-state index contributed by atoms with van der Waals surface area (Å²) in [6.45, 7) is 22.1. The van der Waals surface area contributed by atoms with Gasteiger partial charge in [-0.1, -0.05) is 45.4 Å². The summed E-state index contributed by atoms with van der Waals surface area (Å²) >= 11 is 1.18. The van der Waals surface area contributed by atoms with Crippen molar-refractivity contribution in [3.05, 3.63) is 45.6 Å². The molecule has 2 aromatic rings. The number of carbonyl (C=O) groups is 2. The Morgan fingerprint density at radius 2 is 1.52 bits per heavy atom. The summed E-state index contributed by atoms with van der Waals surface area (Å²) in [4.78, 5) is 30.3. The Morgan fingerprint density at radius 3 is 2.10 bits per heavy atom. The number of rotatable bonds is 29. The van der Waals surface area contributed by atoms with Gasteiger partial charge in [-0.15, -0.1) is 11.3 Å². The van der Waals surface area contributed by atoms with Crippen LogP contribution in [0, 0.1) is 37.7 Å². The largest absolute Gasteiger partial charge is 0.463 e. The van der Waals surface area contributed by atoms with Crippen LogP contribution in [-0.2, 0) is 33.3 Å². The molecule has 0 spiro atoms. The van der Waals surface area contributed by atoms with Crippen molar-refractivity contribution in [3.8, 4) is 6.07 Å². The number of ketones is 1. The van der Waals surface area contributed by atoms with Gasteiger partial charge in [0.1, 0.15) is 23.5 Å². The average molecular weight is 740 g/mol. The highest BCUT2D eigenvalue weighted by Crippen LogP contribution is 2.42. The predicted molar refractivity (Wildman–Crippen MR) is 204 cm³/mol. The van der Waals surface area contributed by atoms with E-state index >= 15 is 0 Å². The lowest BCUT2D eigenvalue weighted by molar-refractivity contribution is -0.148. The highest BCUT2D eigenvalue weighted by molar-refractivity contribution is 7.17. The van der Waals surface area contributed by atoms with E-state index in [0.29, 0.717) is 73.1 Å². The van der Waals surface area contributed by atoms with Gasteiger partial charge in [0.2, 0.25) is 5.69 Å². The Balaban J connectivity index is 1.50. The lowest BCUT2D eigenvalue weighted by atomic mass is 9.94. The number of hydrogen-bond donors (Lipinski definition) is 0. The topological polar surface area (TPSA) is 136 Å². The maximum atomic E-state index is 12.2. The zero-order valence-corrected chi connectivity index (χ0v) is 32.6. The van der Waals surface area contributed by atoms with E-state index in [1.807, 2.05) is 19.1 Å². The van der Waals surface area contributed by atoms with E-state index in [0.717, 1.165) is 43.6 Å². The van der Waals surface area contributed by atoms with E-state index in [2.05, 4.69) is 46.0 Å². The van der Waals surface area contributed by atoms with Crippen LogP contribution in [0.1, 0.15) is 88.1 Å². The average Bonchev–Trinajstić information content (AvgIpc) is 3.45. The number of nitrogens with zero attached hydrogens (tertiary/aromatic N) is 5. The first-order valence-corrected chi connectivity index (χ1v) is 19.2. The number of ether oxygens (including phenoxy) is 5. The van der Waals surface area contributed by atoms with E-state index in [4.69, 9.17) is 30.3 Å². The van der Waals surface area contributed by atoms with Crippen LogP contribution < -0.4 is 4.90 Å². The summed E-state index contributed by atoms with van der Waals surface area (Å²) in [6.07, 6.45) is 7.81. The van der Waals surface area contributed by atoms with Crippen LogP contribution in [0.5, 0.6) is 0 Å². The molecule has 0 bridgehead atoms. The smallest absolute Gasteiger partial charge is 0.306 e. The number of thiophene rings is 1. The van der Waals surface area contributed by atoms with Gasteiger partial charge in [-0.25, -0.2) is 4.85 Å². The number of unbranched alkanes of at least 4 members (excludes halogenated alkanes) is 5. The second kappa shape index (κ2) is 27.0. The maximum absolute atomic E-state index is 12.2. The minimum Gasteiger partial charge on any atom is -0.463 e. The molecule has 1 aromatic carbocycles. The molecule has 1 atom stereocenters. The Kier molecular flexibility index (Phi) is 23.0. The molecule has 0 aliphatic rings. The molecule has 0 aliphatic carbocycles. The lowest BCUT2D eigenvalue weighted by Crippen LogP contribution is -2.27. The van der Waals surface area contributed by atoms with Gasteiger partial charge < -0.3 is 28.6 Å². The molecule has 12 nitrogen and oxygen atoms in total. The summed E-state index contributed by atoms with van der Waals surface area (Å²) in [5, 5.41) is 18.4. The number of Topliss-reactive ketones (excluding diaryl/α,β-unsaturated/α-hetero) is 1. The third kappa shape index (κ3) is 17.2. The van der Waals surface area contributed by atoms with Crippen LogP contribution in [0.25, 0.3) is 4.85 Å². The number of hydrogen-bond acceptors (Lipinski definition) is 12. The number of benzene rings is 1. The lowest BCUT2D eigenvalue weighted by Gasteiger charge is -2.23. The summed E-state index contributed by atoms with van der Waals surface area (Å²) in [5.41, 5.74) is 3.74. The Hall–Kier alpha value is -3.72. The van der Waals surface area contributed by atoms with Crippen molar-refractivity contribution in [2.75, 3.05) is 77.5 Å². The zero-order chi connectivity index (χ0) is 38.0. The molecule has 0 radical (unpaired) electrons. The van der Waals surface area contributed by atoms with Crippen LogP contribution in [0.2, 0.25) is 0 Å². The fraction of sp³-hybridized carbons (Fsp3) is 0.641. The summed E-state index contributed by atoms with van der Waals surface area (Å²) in [7, 11) is 0. The number of aryl methyl sites for hydroxylation is 1. The quantitative estimate of drug-likeness (QED) is 0.0347. The van der Waals surface area contributed by atoms with Crippen molar-refractivity contribution in [2.24, 2.45) is 16.1 Å². The van der Waals surface area contributed by atoms with Gasteiger partial charge >= 0.3 is 5.97 Å². The van der Waals surface area contributed by atoms with Gasteiger partial charge in [-0.3, -0.25) is 9.59 Å². The van der Waals surface area contributed by atoms with Crippen molar-refractivity contribution in [1.29, 1.82) is 5.26 Å². The van der Waals surface area contributed by atoms with Crippen molar-refractivity contribution in [2.45, 2.75) is 86.0 Å². The number of anilines is 1. The van der Waals surface area contributed by atoms with Gasteiger partial charge in [0.05, 0.1) is 76.4 Å². The van der Waals surface area contributed by atoms with Gasteiger partial charge in [0, 0.05) is 24.7 Å². The van der Waals surface area contributed by atoms with Crippen molar-refractivity contribution in [1.82, 2.24) is 0 Å². The van der Waals surface area contributed by atoms with E-state index in [1.165, 1.54) is 37.0 Å². The number of nitriles is 1. The first-order valence-electron chi connectivity index (χ1n) is 18.4. The fourth-order valence-corrected chi connectivity index (χ4v) is 6.21. The van der Waals surface area contributed by atoms with Crippen molar-refractivity contribution < 1.29 is 33.3 Å². The first-order chi connectivity index (χ1) is 25.2. The van der Waals surface area contributed by atoms with Crippen LogP contribution in [0.3, 0.4) is 0 Å². The molecule has 1 unspecified atom stereocenters. The maximum Gasteiger partial charge on any atom is 0.306 e. The molecule has 0 fully saturated rings. The highest BCUT2D eigenvalue weighted by atomic mass is 32.1. The Morgan fingerprint density at radius 1 is 0.904 bits per heavy atom. The van der Waals surface area contributed by atoms with Crippen LogP contribution >= 0.6 is 11.3 Å². The van der Waals surface area contributed by atoms with Crippen LogP contribution in [0.15, 0.2) is 28.4 Å². The number of likely N-dealkylation sites (N-methyl/N-ethyl adjacent to an activating group) is 1. The van der Waals surface area contributed by atoms with E-state index in [-0.39, 0.29) is 37.3 Å². The second-order valence-corrected chi connectivity index (χ2v) is 13.4. The van der Waals surface area contributed by atoms with Gasteiger partial charge in [0.15, 0.2) is 0 Å². The standard InChI is InChI=1S/C39H57N5O7S/c1-7-9-10-11-12-13-14-33(32(5)45)28-37(46)51-26-25-50-24-23-49-22-21-48-20-19-47-18-17-44(8-2)34-15-16-35(30(3)27-34)42-43-39-38(41-6)31(4)36(29-40)52-39/h15-16,27,33H,7-14,17-26,28H2,1-5H3. The highest BCUT2D eigenvalue weighted by Gasteiger charge is 2.19. The van der Waals surface area contributed by atoms with Gasteiger partial charge in [0.25, 0.3) is 0 Å². The first kappa shape index (κ1) is 44.4. The molecular weight excluding hydrogens is 683 g/mol. The molecule has 0 saturated carbocycles. The van der Waals surface area contributed by atoms with Gasteiger partial charge in [-0.2, -0.15) is 15.5 Å². The minimum absolute atomic E-state index is 0.0478. The molecule has 0 amide bonds. The number of azo groups is 1. The normalized spacial score (nSPS) is 11.8. The summed E-state index contributed by atoms with van der Waals surface area (Å²) < 4.78 is 27.6.